The molecular weight excluding hydrogens is 312 g/mol. The molecule has 1 aromatic rings. The van der Waals surface area contributed by atoms with Gasteiger partial charge in [0.15, 0.2) is 0 Å². The number of amides is 2. The van der Waals surface area contributed by atoms with Gasteiger partial charge in [-0.15, -0.1) is 0 Å². The summed E-state index contributed by atoms with van der Waals surface area (Å²) in [5, 5.41) is 5.37. The molecule has 7 nitrogen and oxygen atoms in total. The third kappa shape index (κ3) is 4.05. The summed E-state index contributed by atoms with van der Waals surface area (Å²) >= 11 is 0. The van der Waals surface area contributed by atoms with Crippen LogP contribution in [0.15, 0.2) is 35.5 Å². The van der Waals surface area contributed by atoms with Crippen LogP contribution in [0.3, 0.4) is 0 Å². The number of hydrogen-bond acceptors (Lipinski definition) is 5. The highest BCUT2D eigenvalue weighted by atomic mass is 16.6. The van der Waals surface area contributed by atoms with Crippen LogP contribution in [0.4, 0.5) is 4.79 Å². The van der Waals surface area contributed by atoms with E-state index in [1.807, 2.05) is 25.1 Å². The van der Waals surface area contributed by atoms with Gasteiger partial charge in [-0.05, 0) is 19.9 Å². The number of rotatable bonds is 7. The van der Waals surface area contributed by atoms with Gasteiger partial charge in [0.05, 0.1) is 24.8 Å². The van der Waals surface area contributed by atoms with E-state index in [1.165, 1.54) is 7.11 Å². The largest absolute Gasteiger partial charge is 0.494 e. The second-order valence-corrected chi connectivity index (χ2v) is 5.17. The lowest BCUT2D eigenvalue weighted by Gasteiger charge is -2.29. The second-order valence-electron chi connectivity index (χ2n) is 5.17. The van der Waals surface area contributed by atoms with Crippen LogP contribution >= 0.6 is 0 Å². The van der Waals surface area contributed by atoms with Crippen molar-refractivity contribution in [3.05, 3.63) is 41.1 Å². The second kappa shape index (κ2) is 8.35. The average Bonchev–Trinajstić information content (AvgIpc) is 2.55. The Kier molecular flexibility index (Phi) is 6.20. The smallest absolute Gasteiger partial charge is 0.338 e. The molecule has 0 spiro atoms. The van der Waals surface area contributed by atoms with E-state index in [0.29, 0.717) is 35.8 Å². The highest BCUT2D eigenvalue weighted by Gasteiger charge is 2.33. The van der Waals surface area contributed by atoms with Gasteiger partial charge in [-0.25, -0.2) is 9.59 Å². The molecule has 1 aliphatic heterocycles. The van der Waals surface area contributed by atoms with Crippen LogP contribution in [0, 0.1) is 0 Å². The van der Waals surface area contributed by atoms with Crippen LogP contribution in [-0.2, 0) is 14.3 Å². The molecule has 1 heterocycles. The predicted molar refractivity (Wildman–Crippen MR) is 87.6 cm³/mol. The van der Waals surface area contributed by atoms with Crippen molar-refractivity contribution in [2.75, 3.05) is 26.9 Å². The lowest BCUT2D eigenvalue weighted by atomic mass is 9.95. The van der Waals surface area contributed by atoms with E-state index in [0.717, 1.165) is 0 Å². The predicted octanol–water partition coefficient (Wildman–Crippen LogP) is 1.90. The van der Waals surface area contributed by atoms with E-state index in [9.17, 15) is 9.59 Å². The summed E-state index contributed by atoms with van der Waals surface area (Å²) < 4.78 is 15.7. The van der Waals surface area contributed by atoms with Crippen LogP contribution in [0.5, 0.6) is 5.75 Å². The Bertz CT molecular complexity index is 642. The first-order valence-electron chi connectivity index (χ1n) is 7.74. The molecule has 0 aliphatic carbocycles. The SMILES string of the molecule is CCOc1ccccc1C1NC(=O)NC(C)=C1C(=O)OCCOC. The summed E-state index contributed by atoms with van der Waals surface area (Å²) in [4.78, 5) is 24.4. The molecule has 2 amide bonds. The molecule has 0 fully saturated rings. The van der Waals surface area contributed by atoms with Gasteiger partial charge >= 0.3 is 12.0 Å². The third-order valence-electron chi connectivity index (χ3n) is 3.54. The van der Waals surface area contributed by atoms with Crippen LogP contribution in [0.25, 0.3) is 0 Å². The fraction of sp³-hybridized carbons (Fsp3) is 0.412. The maximum Gasteiger partial charge on any atom is 0.338 e. The zero-order valence-corrected chi connectivity index (χ0v) is 14.0. The average molecular weight is 334 g/mol. The van der Waals surface area contributed by atoms with Gasteiger partial charge in [0.2, 0.25) is 0 Å². The van der Waals surface area contributed by atoms with Crippen molar-refractivity contribution in [2.45, 2.75) is 19.9 Å². The summed E-state index contributed by atoms with van der Waals surface area (Å²) in [6, 6.07) is 6.27. The number of urea groups is 1. The number of carbonyl (C=O) groups is 2. The summed E-state index contributed by atoms with van der Waals surface area (Å²) in [7, 11) is 1.53. The summed E-state index contributed by atoms with van der Waals surface area (Å²) in [6.07, 6.45) is 0. The van der Waals surface area contributed by atoms with Crippen molar-refractivity contribution in [3.63, 3.8) is 0 Å². The number of esters is 1. The Morgan fingerprint density at radius 2 is 2.00 bits per heavy atom. The number of benzene rings is 1. The van der Waals surface area contributed by atoms with Crippen molar-refractivity contribution in [1.82, 2.24) is 10.6 Å². The van der Waals surface area contributed by atoms with Crippen LogP contribution in [0.2, 0.25) is 0 Å². The lowest BCUT2D eigenvalue weighted by Crippen LogP contribution is -2.45. The molecule has 1 unspecified atom stereocenters. The zero-order valence-electron chi connectivity index (χ0n) is 14.0. The molecule has 0 aromatic heterocycles. The summed E-state index contributed by atoms with van der Waals surface area (Å²) in [5.41, 5.74) is 1.50. The molecule has 1 aliphatic rings. The fourth-order valence-corrected chi connectivity index (χ4v) is 2.50. The Hall–Kier alpha value is -2.54. The van der Waals surface area contributed by atoms with Gasteiger partial charge in [-0.3, -0.25) is 0 Å². The maximum absolute atomic E-state index is 12.5. The highest BCUT2D eigenvalue weighted by molar-refractivity contribution is 5.95. The van der Waals surface area contributed by atoms with Crippen LogP contribution < -0.4 is 15.4 Å². The van der Waals surface area contributed by atoms with Crippen molar-refractivity contribution >= 4 is 12.0 Å². The van der Waals surface area contributed by atoms with Gasteiger partial charge in [0, 0.05) is 18.4 Å². The summed E-state index contributed by atoms with van der Waals surface area (Å²) in [5.74, 6) is 0.107. The van der Waals surface area contributed by atoms with E-state index in [1.54, 1.807) is 13.0 Å². The van der Waals surface area contributed by atoms with E-state index in [4.69, 9.17) is 14.2 Å². The molecule has 7 heteroatoms. The first-order valence-corrected chi connectivity index (χ1v) is 7.74. The number of methoxy groups -OCH3 is 1. The van der Waals surface area contributed by atoms with Crippen molar-refractivity contribution in [1.29, 1.82) is 0 Å². The number of allylic oxidation sites excluding steroid dienone is 1. The van der Waals surface area contributed by atoms with E-state index in [2.05, 4.69) is 10.6 Å². The molecule has 1 aromatic carbocycles. The third-order valence-corrected chi connectivity index (χ3v) is 3.54. The minimum absolute atomic E-state index is 0.139. The quantitative estimate of drug-likeness (QED) is 0.587. The van der Waals surface area contributed by atoms with Crippen molar-refractivity contribution in [2.24, 2.45) is 0 Å². The number of carbonyl (C=O) groups excluding carboxylic acids is 2. The minimum Gasteiger partial charge on any atom is -0.494 e. The van der Waals surface area contributed by atoms with Crippen molar-refractivity contribution < 1.29 is 23.8 Å². The van der Waals surface area contributed by atoms with Crippen molar-refractivity contribution in [3.8, 4) is 5.75 Å². The maximum atomic E-state index is 12.5. The van der Waals surface area contributed by atoms with Gasteiger partial charge in [-0.1, -0.05) is 18.2 Å². The number of nitrogens with one attached hydrogen (secondary N) is 2. The first kappa shape index (κ1) is 17.8. The molecule has 0 radical (unpaired) electrons. The number of para-hydroxylation sites is 1. The Morgan fingerprint density at radius 3 is 2.71 bits per heavy atom. The highest BCUT2D eigenvalue weighted by Crippen LogP contribution is 2.33. The van der Waals surface area contributed by atoms with E-state index in [-0.39, 0.29) is 12.6 Å². The van der Waals surface area contributed by atoms with Crippen LogP contribution in [-0.4, -0.2) is 38.9 Å². The molecule has 1 atom stereocenters. The Balaban J connectivity index is 2.36. The van der Waals surface area contributed by atoms with Gasteiger partial charge in [0.25, 0.3) is 0 Å². The molecule has 2 rings (SSSR count). The Labute approximate surface area is 141 Å². The lowest BCUT2D eigenvalue weighted by molar-refractivity contribution is -0.140. The summed E-state index contributed by atoms with van der Waals surface area (Å²) in [6.45, 7) is 4.46. The molecule has 0 saturated heterocycles. The molecule has 0 saturated carbocycles. The van der Waals surface area contributed by atoms with Gasteiger partial charge in [-0.2, -0.15) is 0 Å². The molecule has 2 N–H and O–H groups in total. The molecule has 24 heavy (non-hydrogen) atoms. The normalized spacial score (nSPS) is 17.1. The van der Waals surface area contributed by atoms with E-state index >= 15 is 0 Å². The topological polar surface area (TPSA) is 85.9 Å². The fourth-order valence-electron chi connectivity index (χ4n) is 2.50. The molecular formula is C17H22N2O5. The van der Waals surface area contributed by atoms with E-state index < -0.39 is 12.0 Å². The van der Waals surface area contributed by atoms with Gasteiger partial charge < -0.3 is 24.8 Å². The zero-order chi connectivity index (χ0) is 17.5. The minimum atomic E-state index is -0.642. The standard InChI is InChI=1S/C17H22N2O5/c1-4-23-13-8-6-5-7-12(13)15-14(11(2)18-17(21)19-15)16(20)24-10-9-22-3/h5-8,15H,4,9-10H2,1-3H3,(H2,18,19,21). The monoisotopic (exact) mass is 334 g/mol. The first-order chi connectivity index (χ1) is 11.6. The Morgan fingerprint density at radius 1 is 1.25 bits per heavy atom. The van der Waals surface area contributed by atoms with Gasteiger partial charge in [0.1, 0.15) is 12.4 Å². The number of ether oxygens (including phenoxy) is 3. The molecule has 130 valence electrons. The van der Waals surface area contributed by atoms with Crippen LogP contribution in [0.1, 0.15) is 25.5 Å². The molecule has 0 bridgehead atoms. The number of hydrogen-bond donors (Lipinski definition) is 2.